The summed E-state index contributed by atoms with van der Waals surface area (Å²) >= 11 is 0. The molecule has 6 heteroatoms. The van der Waals surface area contributed by atoms with Crippen LogP contribution in [-0.4, -0.2) is 40.8 Å². The molecule has 1 saturated heterocycles. The molecule has 29 heavy (non-hydrogen) atoms. The molecular weight excluding hydrogens is 368 g/mol. The summed E-state index contributed by atoms with van der Waals surface area (Å²) in [6.45, 7) is 6.23. The van der Waals surface area contributed by atoms with E-state index in [1.165, 1.54) is 5.56 Å². The Morgan fingerprint density at radius 3 is 2.14 bits per heavy atom. The molecular formula is C23H24N2O4. The summed E-state index contributed by atoms with van der Waals surface area (Å²) in [7, 11) is 0. The normalized spacial score (nSPS) is 21.7. The molecule has 2 unspecified atom stereocenters. The molecule has 2 aliphatic heterocycles. The fraction of sp³-hybridized carbons (Fsp3) is 0.348. The zero-order chi connectivity index (χ0) is 20.5. The summed E-state index contributed by atoms with van der Waals surface area (Å²) in [5, 5.41) is 0.615. The van der Waals surface area contributed by atoms with Crippen molar-refractivity contribution >= 4 is 17.8 Å². The zero-order valence-electron chi connectivity index (χ0n) is 16.6. The summed E-state index contributed by atoms with van der Waals surface area (Å²) < 4.78 is 0. The second-order valence-electron chi connectivity index (χ2n) is 8.05. The van der Waals surface area contributed by atoms with Gasteiger partial charge in [-0.3, -0.25) is 14.5 Å². The van der Waals surface area contributed by atoms with Gasteiger partial charge >= 0.3 is 5.97 Å². The number of amides is 2. The highest BCUT2D eigenvalue weighted by molar-refractivity contribution is 6.20. The summed E-state index contributed by atoms with van der Waals surface area (Å²) in [5.74, 6) is -1.70. The Labute approximate surface area is 170 Å². The third kappa shape index (κ3) is 3.68. The first-order valence-corrected chi connectivity index (χ1v) is 9.91. The van der Waals surface area contributed by atoms with Gasteiger partial charge in [0.25, 0.3) is 11.8 Å². The van der Waals surface area contributed by atoms with E-state index in [4.69, 9.17) is 4.84 Å². The average Bonchev–Trinajstić information content (AvgIpc) is 3.25. The molecule has 2 aromatic rings. The van der Waals surface area contributed by atoms with E-state index < -0.39 is 17.8 Å². The molecule has 0 aliphatic carbocycles. The van der Waals surface area contributed by atoms with E-state index in [1.807, 2.05) is 18.2 Å². The molecule has 0 spiro atoms. The highest BCUT2D eigenvalue weighted by Crippen LogP contribution is 2.33. The number of nitrogens with zero attached hydrogens (tertiary/aromatic N) is 2. The van der Waals surface area contributed by atoms with E-state index in [0.29, 0.717) is 11.6 Å². The van der Waals surface area contributed by atoms with Crippen molar-refractivity contribution in [2.75, 3.05) is 13.1 Å². The summed E-state index contributed by atoms with van der Waals surface area (Å²) in [6, 6.07) is 16.6. The lowest BCUT2D eigenvalue weighted by Gasteiger charge is -2.22. The standard InChI is InChI=1S/C23H24N2O4/c1-15(2)19-13-24(12-16-8-4-3-5-9-16)14-20(19)23(28)29-25-21(26)17-10-6-7-11-18(17)22(25)27/h3-11,15,19-20H,12-14H2,1-2H3. The molecule has 6 nitrogen and oxygen atoms in total. The quantitative estimate of drug-likeness (QED) is 0.732. The van der Waals surface area contributed by atoms with Crippen molar-refractivity contribution in [3.8, 4) is 0 Å². The largest absolute Gasteiger partial charge is 0.337 e. The fourth-order valence-corrected chi connectivity index (χ4v) is 4.22. The maximum Gasteiger partial charge on any atom is 0.337 e. The molecule has 1 fully saturated rings. The van der Waals surface area contributed by atoms with Gasteiger partial charge in [0.05, 0.1) is 17.0 Å². The molecule has 150 valence electrons. The van der Waals surface area contributed by atoms with Crippen LogP contribution in [0.15, 0.2) is 54.6 Å². The van der Waals surface area contributed by atoms with Gasteiger partial charge in [0.1, 0.15) is 0 Å². The minimum Gasteiger partial charge on any atom is -0.329 e. The van der Waals surface area contributed by atoms with Gasteiger partial charge in [-0.15, -0.1) is 0 Å². The van der Waals surface area contributed by atoms with Crippen LogP contribution in [0.2, 0.25) is 0 Å². The van der Waals surface area contributed by atoms with Crippen molar-refractivity contribution in [3.05, 3.63) is 71.3 Å². The monoisotopic (exact) mass is 392 g/mol. The molecule has 0 saturated carbocycles. The lowest BCUT2D eigenvalue weighted by molar-refractivity contribution is -0.175. The number of carbonyl (C=O) groups is 3. The molecule has 2 aliphatic rings. The minimum absolute atomic E-state index is 0.0985. The first kappa shape index (κ1) is 19.3. The van der Waals surface area contributed by atoms with Crippen LogP contribution in [0.25, 0.3) is 0 Å². The predicted molar refractivity (Wildman–Crippen MR) is 107 cm³/mol. The molecule has 0 radical (unpaired) electrons. The molecule has 2 heterocycles. The maximum atomic E-state index is 13.0. The van der Waals surface area contributed by atoms with Crippen molar-refractivity contribution < 1.29 is 19.2 Å². The van der Waals surface area contributed by atoms with Gasteiger partial charge in [-0.1, -0.05) is 61.4 Å². The molecule has 2 aromatic carbocycles. The number of fused-ring (bicyclic) bond motifs is 1. The highest BCUT2D eigenvalue weighted by atomic mass is 16.7. The molecule has 0 N–H and O–H groups in total. The lowest BCUT2D eigenvalue weighted by atomic mass is 9.86. The summed E-state index contributed by atoms with van der Waals surface area (Å²) in [4.78, 5) is 45.5. The van der Waals surface area contributed by atoms with Gasteiger partial charge in [-0.2, -0.15) is 0 Å². The third-order valence-corrected chi connectivity index (χ3v) is 5.79. The van der Waals surface area contributed by atoms with Gasteiger partial charge in [0.15, 0.2) is 0 Å². The van der Waals surface area contributed by atoms with Crippen LogP contribution < -0.4 is 0 Å². The van der Waals surface area contributed by atoms with E-state index in [9.17, 15) is 14.4 Å². The van der Waals surface area contributed by atoms with Crippen molar-refractivity contribution in [1.82, 2.24) is 9.96 Å². The first-order chi connectivity index (χ1) is 14.0. The van der Waals surface area contributed by atoms with E-state index in [0.717, 1.165) is 13.1 Å². The van der Waals surface area contributed by atoms with E-state index >= 15 is 0 Å². The first-order valence-electron chi connectivity index (χ1n) is 9.91. The Bertz CT molecular complexity index is 906. The number of hydroxylamine groups is 2. The number of hydrogen-bond donors (Lipinski definition) is 0. The minimum atomic E-state index is -0.584. The van der Waals surface area contributed by atoms with Gasteiger partial charge in [0.2, 0.25) is 0 Å². The van der Waals surface area contributed by atoms with E-state index in [1.54, 1.807) is 24.3 Å². The summed E-state index contributed by atoms with van der Waals surface area (Å²) in [5.41, 5.74) is 1.72. The number of hydrogen-bond acceptors (Lipinski definition) is 5. The number of benzene rings is 2. The molecule has 2 amide bonds. The van der Waals surface area contributed by atoms with Crippen molar-refractivity contribution in [3.63, 3.8) is 0 Å². The van der Waals surface area contributed by atoms with Crippen LogP contribution in [0.4, 0.5) is 0 Å². The van der Waals surface area contributed by atoms with E-state index in [2.05, 4.69) is 30.9 Å². The lowest BCUT2D eigenvalue weighted by Crippen LogP contribution is -2.37. The van der Waals surface area contributed by atoms with Crippen LogP contribution in [-0.2, 0) is 16.2 Å². The van der Waals surface area contributed by atoms with Crippen molar-refractivity contribution in [1.29, 1.82) is 0 Å². The van der Waals surface area contributed by atoms with Gasteiger partial charge in [-0.05, 0) is 29.5 Å². The van der Waals surface area contributed by atoms with Crippen LogP contribution in [0.1, 0.15) is 40.1 Å². The van der Waals surface area contributed by atoms with Gasteiger partial charge < -0.3 is 4.84 Å². The molecule has 0 bridgehead atoms. The van der Waals surface area contributed by atoms with Crippen molar-refractivity contribution in [2.45, 2.75) is 20.4 Å². The van der Waals surface area contributed by atoms with Gasteiger partial charge in [-0.25, -0.2) is 4.79 Å². The van der Waals surface area contributed by atoms with Crippen LogP contribution >= 0.6 is 0 Å². The Kier molecular flexibility index (Phi) is 5.20. The number of imide groups is 1. The topological polar surface area (TPSA) is 66.9 Å². The Balaban J connectivity index is 1.47. The second kappa shape index (κ2) is 7.79. The smallest absolute Gasteiger partial charge is 0.329 e. The zero-order valence-corrected chi connectivity index (χ0v) is 16.6. The van der Waals surface area contributed by atoms with Crippen LogP contribution in [0.5, 0.6) is 0 Å². The predicted octanol–water partition coefficient (Wildman–Crippen LogP) is 3.15. The van der Waals surface area contributed by atoms with Crippen LogP contribution in [0, 0.1) is 17.8 Å². The maximum absolute atomic E-state index is 13.0. The Morgan fingerprint density at radius 2 is 1.55 bits per heavy atom. The second-order valence-corrected chi connectivity index (χ2v) is 8.05. The van der Waals surface area contributed by atoms with Gasteiger partial charge in [0, 0.05) is 19.6 Å². The number of carbonyl (C=O) groups excluding carboxylic acids is 3. The van der Waals surface area contributed by atoms with E-state index in [-0.39, 0.29) is 28.9 Å². The SMILES string of the molecule is CC(C)C1CN(Cc2ccccc2)CC1C(=O)ON1C(=O)c2ccccc2C1=O. The molecule has 2 atom stereocenters. The molecule has 4 rings (SSSR count). The number of likely N-dealkylation sites (tertiary alicyclic amines) is 1. The average molecular weight is 392 g/mol. The third-order valence-electron chi connectivity index (χ3n) is 5.79. The highest BCUT2D eigenvalue weighted by Gasteiger charge is 2.44. The Morgan fingerprint density at radius 1 is 0.966 bits per heavy atom. The number of rotatable bonds is 5. The fourth-order valence-electron chi connectivity index (χ4n) is 4.22. The summed E-state index contributed by atoms with van der Waals surface area (Å²) in [6.07, 6.45) is 0. The molecule has 0 aromatic heterocycles. The Hall–Kier alpha value is -2.99. The van der Waals surface area contributed by atoms with Crippen LogP contribution in [0.3, 0.4) is 0 Å². The van der Waals surface area contributed by atoms with Crippen molar-refractivity contribution in [2.24, 2.45) is 17.8 Å².